The van der Waals surface area contributed by atoms with E-state index in [1.165, 1.54) is 103 Å². The number of rotatable bonds is 58. The maximum Gasteiger partial charge on any atom is 0.306 e. The van der Waals surface area contributed by atoms with Crippen LogP contribution < -0.4 is 0 Å². The largest absolute Gasteiger partial charge is 0.462 e. The van der Waals surface area contributed by atoms with Crippen molar-refractivity contribution in [2.75, 3.05) is 13.2 Å². The maximum absolute atomic E-state index is 12.9. The molecule has 6 nitrogen and oxygen atoms in total. The second-order valence-corrected chi connectivity index (χ2v) is 21.3. The highest BCUT2D eigenvalue weighted by atomic mass is 16.6. The molecule has 0 spiro atoms. The first-order valence-electron chi connectivity index (χ1n) is 32.8. The average molecular weight is 1110 g/mol. The molecule has 0 saturated carbocycles. The van der Waals surface area contributed by atoms with Crippen molar-refractivity contribution in [3.63, 3.8) is 0 Å². The van der Waals surface area contributed by atoms with E-state index in [9.17, 15) is 14.4 Å². The van der Waals surface area contributed by atoms with E-state index in [2.05, 4.69) is 167 Å². The van der Waals surface area contributed by atoms with Crippen LogP contribution >= 0.6 is 0 Å². The third kappa shape index (κ3) is 64.1. The Labute approximate surface area is 493 Å². The van der Waals surface area contributed by atoms with Gasteiger partial charge < -0.3 is 14.2 Å². The Morgan fingerprint density at radius 3 is 0.812 bits per heavy atom. The predicted molar refractivity (Wildman–Crippen MR) is 348 cm³/mol. The van der Waals surface area contributed by atoms with Crippen LogP contribution in [0.15, 0.2) is 146 Å². The summed E-state index contributed by atoms with van der Waals surface area (Å²) in [6.45, 7) is 6.44. The van der Waals surface area contributed by atoms with Gasteiger partial charge in [-0.15, -0.1) is 0 Å². The number of hydrogen-bond donors (Lipinski definition) is 0. The minimum Gasteiger partial charge on any atom is -0.462 e. The lowest BCUT2D eigenvalue weighted by molar-refractivity contribution is -0.167. The predicted octanol–water partition coefficient (Wildman–Crippen LogP) is 22.7. The molecule has 0 rings (SSSR count). The highest BCUT2D eigenvalue weighted by Gasteiger charge is 2.19. The fourth-order valence-electron chi connectivity index (χ4n) is 8.64. The zero-order valence-electron chi connectivity index (χ0n) is 51.8. The van der Waals surface area contributed by atoms with E-state index in [4.69, 9.17) is 14.2 Å². The number of ether oxygens (including phenoxy) is 3. The van der Waals surface area contributed by atoms with Crippen molar-refractivity contribution >= 4 is 17.9 Å². The second kappa shape index (κ2) is 66.8. The molecule has 0 aromatic heterocycles. The Hall–Kier alpha value is -4.71. The van der Waals surface area contributed by atoms with E-state index in [1.54, 1.807) is 0 Å². The zero-order valence-corrected chi connectivity index (χ0v) is 51.8. The minimum absolute atomic E-state index is 0.105. The lowest BCUT2D eigenvalue weighted by Crippen LogP contribution is -2.30. The van der Waals surface area contributed by atoms with Gasteiger partial charge >= 0.3 is 17.9 Å². The normalized spacial score (nSPS) is 13.1. The quantitative estimate of drug-likeness (QED) is 0.0261. The highest BCUT2D eigenvalue weighted by Crippen LogP contribution is 2.15. The van der Waals surface area contributed by atoms with Gasteiger partial charge in [0.2, 0.25) is 0 Å². The van der Waals surface area contributed by atoms with Crippen molar-refractivity contribution in [3.05, 3.63) is 146 Å². The van der Waals surface area contributed by atoms with Gasteiger partial charge in [-0.25, -0.2) is 0 Å². The Morgan fingerprint density at radius 1 is 0.263 bits per heavy atom. The molecule has 1 unspecified atom stereocenters. The van der Waals surface area contributed by atoms with Crippen LogP contribution in [0, 0.1) is 0 Å². The van der Waals surface area contributed by atoms with E-state index < -0.39 is 6.10 Å². The minimum atomic E-state index is -0.812. The molecule has 0 saturated heterocycles. The standard InChI is InChI=1S/C74H120O6/c1-4-7-10-13-16-19-22-25-28-31-33-34-35-36-37-38-39-40-42-43-46-49-52-55-58-61-64-67-73(76)79-70-71(69-78-72(75)66-63-60-57-54-51-48-45-30-27-24-21-18-15-12-9-6-3)80-74(77)68-65-62-59-56-53-50-47-44-41-32-29-26-23-20-17-14-11-8-5-2/h7,10,16-17,19-21,24-26,28-30,33-34,36-37,39-40,43,45-46,52,55,71H,4-6,8-9,11-15,18,22-23,27,31-32,35,38,41-42,44,47-51,53-54,56-70H2,1-3H3/b10-7-,19-16-,20-17-,24-21-,28-25-,29-26-,34-33-,37-36-,40-39-,45-30-,46-43-,55-52-. The van der Waals surface area contributed by atoms with E-state index >= 15 is 0 Å². The Bertz CT molecular complexity index is 1750. The number of esters is 3. The lowest BCUT2D eigenvalue weighted by Gasteiger charge is -2.18. The fraction of sp³-hybridized carbons (Fsp3) is 0.635. The number of unbranched alkanes of at least 4 members (excludes halogenated alkanes) is 23. The smallest absolute Gasteiger partial charge is 0.306 e. The van der Waals surface area contributed by atoms with Gasteiger partial charge in [-0.3, -0.25) is 14.4 Å². The van der Waals surface area contributed by atoms with Crippen molar-refractivity contribution in [2.45, 2.75) is 290 Å². The Kier molecular flexibility index (Phi) is 62.9. The molecule has 1 atom stereocenters. The first-order valence-corrected chi connectivity index (χ1v) is 32.8. The van der Waals surface area contributed by atoms with E-state index in [1.807, 2.05) is 0 Å². The molecule has 0 bridgehead atoms. The van der Waals surface area contributed by atoms with Gasteiger partial charge in [-0.05, 0) is 148 Å². The molecule has 0 fully saturated rings. The Balaban J connectivity index is 4.49. The molecule has 0 aliphatic rings. The van der Waals surface area contributed by atoms with Crippen molar-refractivity contribution in [1.29, 1.82) is 0 Å². The molecule has 0 heterocycles. The van der Waals surface area contributed by atoms with Crippen LogP contribution in [0.2, 0.25) is 0 Å². The topological polar surface area (TPSA) is 78.9 Å². The van der Waals surface area contributed by atoms with Crippen LogP contribution in [0.25, 0.3) is 0 Å². The molecule has 80 heavy (non-hydrogen) atoms. The van der Waals surface area contributed by atoms with Crippen LogP contribution in [-0.2, 0) is 28.6 Å². The SMILES string of the molecule is CC/C=C\C/C=C\C/C=C\C/C=C\C/C=C\C/C=C\C/C=C\C/C=C\CCCCC(=O)OCC(COC(=O)CCCCCCC/C=C\C/C=C\CCCCCC)OC(=O)CCCCCCCCCCC/C=C\C/C=C\CCCCC. The summed E-state index contributed by atoms with van der Waals surface area (Å²) in [6.07, 6.45) is 95.6. The van der Waals surface area contributed by atoms with E-state index in [-0.39, 0.29) is 31.1 Å². The van der Waals surface area contributed by atoms with Crippen LogP contribution in [-0.4, -0.2) is 37.2 Å². The zero-order chi connectivity index (χ0) is 57.8. The summed E-state index contributed by atoms with van der Waals surface area (Å²) >= 11 is 0. The van der Waals surface area contributed by atoms with Crippen LogP contribution in [0.1, 0.15) is 284 Å². The summed E-state index contributed by atoms with van der Waals surface area (Å²) in [4.78, 5) is 38.4. The average Bonchev–Trinajstić information content (AvgIpc) is 3.46. The number of hydrogen-bond acceptors (Lipinski definition) is 6. The summed E-state index contributed by atoms with van der Waals surface area (Å²) < 4.78 is 16.9. The van der Waals surface area contributed by atoms with Crippen molar-refractivity contribution in [2.24, 2.45) is 0 Å². The Morgan fingerprint density at radius 2 is 0.487 bits per heavy atom. The molecule has 452 valence electrons. The molecule has 0 aromatic rings. The van der Waals surface area contributed by atoms with Crippen LogP contribution in [0.3, 0.4) is 0 Å². The molecule has 0 radical (unpaired) electrons. The van der Waals surface area contributed by atoms with Crippen LogP contribution in [0.4, 0.5) is 0 Å². The second-order valence-electron chi connectivity index (χ2n) is 21.3. The van der Waals surface area contributed by atoms with E-state index in [0.717, 1.165) is 135 Å². The van der Waals surface area contributed by atoms with Gasteiger partial charge in [0.05, 0.1) is 0 Å². The van der Waals surface area contributed by atoms with Gasteiger partial charge in [0, 0.05) is 19.3 Å². The molecular weight excluding hydrogens is 985 g/mol. The monoisotopic (exact) mass is 1100 g/mol. The maximum atomic E-state index is 12.9. The van der Waals surface area contributed by atoms with Crippen LogP contribution in [0.5, 0.6) is 0 Å². The van der Waals surface area contributed by atoms with Gasteiger partial charge in [0.1, 0.15) is 13.2 Å². The van der Waals surface area contributed by atoms with Gasteiger partial charge in [-0.2, -0.15) is 0 Å². The van der Waals surface area contributed by atoms with Gasteiger partial charge in [0.15, 0.2) is 6.10 Å². The van der Waals surface area contributed by atoms with Crippen molar-refractivity contribution < 1.29 is 28.6 Å². The summed E-state index contributed by atoms with van der Waals surface area (Å²) in [7, 11) is 0. The summed E-state index contributed by atoms with van der Waals surface area (Å²) in [5.74, 6) is -0.966. The number of carbonyl (C=O) groups is 3. The summed E-state index contributed by atoms with van der Waals surface area (Å²) in [6, 6.07) is 0. The highest BCUT2D eigenvalue weighted by molar-refractivity contribution is 5.71. The van der Waals surface area contributed by atoms with Gasteiger partial charge in [0.25, 0.3) is 0 Å². The first kappa shape index (κ1) is 75.3. The van der Waals surface area contributed by atoms with E-state index in [0.29, 0.717) is 25.7 Å². The third-order valence-electron chi connectivity index (χ3n) is 13.5. The van der Waals surface area contributed by atoms with Crippen molar-refractivity contribution in [3.8, 4) is 0 Å². The number of allylic oxidation sites excluding steroid dienone is 24. The first-order chi connectivity index (χ1) is 39.5. The molecule has 0 aliphatic carbocycles. The summed E-state index contributed by atoms with van der Waals surface area (Å²) in [5.41, 5.74) is 0. The van der Waals surface area contributed by atoms with Crippen molar-refractivity contribution in [1.82, 2.24) is 0 Å². The molecule has 0 aliphatic heterocycles. The molecule has 0 aromatic carbocycles. The molecular formula is C74H120O6. The molecule has 0 amide bonds. The summed E-state index contributed by atoms with van der Waals surface area (Å²) in [5, 5.41) is 0. The lowest BCUT2D eigenvalue weighted by atomic mass is 10.1. The number of carbonyl (C=O) groups excluding carboxylic acids is 3. The third-order valence-corrected chi connectivity index (χ3v) is 13.5. The molecule has 6 heteroatoms. The molecule has 0 N–H and O–H groups in total. The fourth-order valence-corrected chi connectivity index (χ4v) is 8.64. The van der Waals surface area contributed by atoms with Gasteiger partial charge in [-0.1, -0.05) is 263 Å².